The molecule has 8 nitrogen and oxygen atoms in total. The lowest BCUT2D eigenvalue weighted by Gasteiger charge is -2.06. The van der Waals surface area contributed by atoms with E-state index < -0.39 is 17.6 Å². The lowest BCUT2D eigenvalue weighted by atomic mass is 10.2. The lowest BCUT2D eigenvalue weighted by molar-refractivity contribution is -0.121. The van der Waals surface area contributed by atoms with Gasteiger partial charge in [0.2, 0.25) is 5.91 Å². The van der Waals surface area contributed by atoms with Gasteiger partial charge < -0.3 is 10.4 Å². The summed E-state index contributed by atoms with van der Waals surface area (Å²) in [6.45, 7) is -0.0831. The molecule has 8 heteroatoms. The zero-order valence-electron chi connectivity index (χ0n) is 10.9. The highest BCUT2D eigenvalue weighted by Crippen LogP contribution is 2.01. The van der Waals surface area contributed by atoms with Gasteiger partial charge in [-0.15, -0.1) is 0 Å². The molecule has 0 spiro atoms. The summed E-state index contributed by atoms with van der Waals surface area (Å²) in [6.07, 6.45) is 4.16. The minimum absolute atomic E-state index is 0.0783. The second-order valence-electron chi connectivity index (χ2n) is 4.15. The number of carboxylic acids is 1. The van der Waals surface area contributed by atoms with Crippen LogP contribution in [0.4, 0.5) is 0 Å². The monoisotopic (exact) mass is 288 g/mol. The van der Waals surface area contributed by atoms with E-state index in [1.807, 2.05) is 0 Å². The fourth-order valence-electron chi connectivity index (χ4n) is 1.62. The van der Waals surface area contributed by atoms with Crippen LogP contribution >= 0.6 is 0 Å². The molecule has 0 aliphatic heterocycles. The van der Waals surface area contributed by atoms with Crippen LogP contribution in [0.3, 0.4) is 0 Å². The number of hydrogen-bond acceptors (Lipinski definition) is 5. The number of carbonyl (C=O) groups is 2. The van der Waals surface area contributed by atoms with Gasteiger partial charge in [0.05, 0.1) is 17.8 Å². The van der Waals surface area contributed by atoms with Crippen LogP contribution in [0, 0.1) is 0 Å². The molecule has 21 heavy (non-hydrogen) atoms. The summed E-state index contributed by atoms with van der Waals surface area (Å²) < 4.78 is 1.16. The van der Waals surface area contributed by atoms with Crippen molar-refractivity contribution in [1.29, 1.82) is 0 Å². The van der Waals surface area contributed by atoms with E-state index in [-0.39, 0.29) is 18.7 Å². The molecule has 0 unspecified atom stereocenters. The standard InChI is InChI=1S/C13H12N4O4/c18-11(8-17-5-1-3-15-13(17)21)16-7-10-6-9(12(19)20)2-4-14-10/h1-6H,7-8H2,(H,16,18)(H,19,20). The normalized spacial score (nSPS) is 10.1. The Kier molecular flexibility index (Phi) is 4.39. The van der Waals surface area contributed by atoms with Crippen LogP contribution in [0.2, 0.25) is 0 Å². The van der Waals surface area contributed by atoms with Gasteiger partial charge in [0, 0.05) is 18.6 Å². The smallest absolute Gasteiger partial charge is 0.347 e. The van der Waals surface area contributed by atoms with Crippen LogP contribution in [-0.2, 0) is 17.9 Å². The third-order valence-corrected chi connectivity index (χ3v) is 2.63. The number of hydrogen-bond donors (Lipinski definition) is 2. The van der Waals surface area contributed by atoms with Gasteiger partial charge in [-0.25, -0.2) is 14.6 Å². The number of nitrogens with zero attached hydrogens (tertiary/aromatic N) is 3. The number of carboxylic acid groups (broad SMARTS) is 1. The molecule has 0 saturated heterocycles. The topological polar surface area (TPSA) is 114 Å². The van der Waals surface area contributed by atoms with E-state index in [4.69, 9.17) is 5.11 Å². The van der Waals surface area contributed by atoms with Crippen LogP contribution < -0.4 is 11.0 Å². The minimum Gasteiger partial charge on any atom is -0.478 e. The molecule has 2 N–H and O–H groups in total. The maximum absolute atomic E-state index is 11.7. The Hall–Kier alpha value is -3.03. The predicted octanol–water partition coefficient (Wildman–Crippen LogP) is -0.347. The summed E-state index contributed by atoms with van der Waals surface area (Å²) >= 11 is 0. The molecular weight excluding hydrogens is 276 g/mol. The number of pyridine rings is 1. The summed E-state index contributed by atoms with van der Waals surface area (Å²) in [5.41, 5.74) is -0.00170. The maximum atomic E-state index is 11.7. The zero-order valence-corrected chi connectivity index (χ0v) is 10.9. The Morgan fingerprint density at radius 2 is 2.10 bits per heavy atom. The first-order chi connectivity index (χ1) is 10.1. The molecule has 0 atom stereocenters. The molecule has 0 fully saturated rings. The summed E-state index contributed by atoms with van der Waals surface area (Å²) in [5.74, 6) is -1.46. The Labute approximate surface area is 119 Å². The van der Waals surface area contributed by atoms with Crippen molar-refractivity contribution >= 4 is 11.9 Å². The van der Waals surface area contributed by atoms with Crippen molar-refractivity contribution in [3.05, 3.63) is 58.5 Å². The quantitative estimate of drug-likeness (QED) is 0.777. The summed E-state index contributed by atoms with van der Waals surface area (Å²) in [7, 11) is 0. The van der Waals surface area contributed by atoms with Crippen molar-refractivity contribution in [2.75, 3.05) is 0 Å². The van der Waals surface area contributed by atoms with E-state index in [0.717, 1.165) is 4.57 Å². The van der Waals surface area contributed by atoms with Crippen molar-refractivity contribution in [3.8, 4) is 0 Å². The number of nitrogens with one attached hydrogen (secondary N) is 1. The Balaban J connectivity index is 1.95. The second kappa shape index (κ2) is 6.42. The Morgan fingerprint density at radius 3 is 2.81 bits per heavy atom. The number of rotatable bonds is 5. The number of aromatic carboxylic acids is 1. The summed E-state index contributed by atoms with van der Waals surface area (Å²) in [6, 6.07) is 4.29. The fourth-order valence-corrected chi connectivity index (χ4v) is 1.62. The molecule has 0 aliphatic carbocycles. The van der Waals surface area contributed by atoms with E-state index >= 15 is 0 Å². The van der Waals surface area contributed by atoms with Crippen molar-refractivity contribution in [2.45, 2.75) is 13.1 Å². The van der Waals surface area contributed by atoms with E-state index in [1.165, 1.54) is 30.7 Å². The molecule has 0 bridgehead atoms. The van der Waals surface area contributed by atoms with Gasteiger partial charge in [-0.2, -0.15) is 0 Å². The molecule has 2 aromatic rings. The van der Waals surface area contributed by atoms with Gasteiger partial charge in [0.25, 0.3) is 0 Å². The third kappa shape index (κ3) is 3.96. The Morgan fingerprint density at radius 1 is 1.29 bits per heavy atom. The average Bonchev–Trinajstić information content (AvgIpc) is 2.48. The Bertz CT molecular complexity index is 726. The van der Waals surface area contributed by atoms with Gasteiger partial charge in [0.1, 0.15) is 6.54 Å². The van der Waals surface area contributed by atoms with Gasteiger partial charge in [-0.3, -0.25) is 14.3 Å². The highest BCUT2D eigenvalue weighted by atomic mass is 16.4. The van der Waals surface area contributed by atoms with E-state index in [2.05, 4.69) is 15.3 Å². The van der Waals surface area contributed by atoms with Gasteiger partial charge in [-0.05, 0) is 18.2 Å². The van der Waals surface area contributed by atoms with Gasteiger partial charge >= 0.3 is 11.7 Å². The SMILES string of the molecule is O=C(Cn1cccnc1=O)NCc1cc(C(=O)O)ccn1. The molecule has 1 amide bonds. The third-order valence-electron chi connectivity index (χ3n) is 2.63. The molecule has 108 valence electrons. The number of aromatic nitrogens is 3. The summed E-state index contributed by atoms with van der Waals surface area (Å²) in [5, 5.41) is 11.4. The van der Waals surface area contributed by atoms with Gasteiger partial charge in [0.15, 0.2) is 0 Å². The lowest BCUT2D eigenvalue weighted by Crippen LogP contribution is -2.32. The number of amides is 1. The van der Waals surface area contributed by atoms with Crippen molar-refractivity contribution < 1.29 is 14.7 Å². The average molecular weight is 288 g/mol. The number of carbonyl (C=O) groups excluding carboxylic acids is 1. The molecule has 2 heterocycles. The van der Waals surface area contributed by atoms with E-state index in [9.17, 15) is 14.4 Å². The van der Waals surface area contributed by atoms with Crippen LogP contribution in [-0.4, -0.2) is 31.5 Å². The summed E-state index contributed by atoms with van der Waals surface area (Å²) in [4.78, 5) is 41.4. The van der Waals surface area contributed by atoms with Crippen LogP contribution in [0.25, 0.3) is 0 Å². The fraction of sp³-hybridized carbons (Fsp3) is 0.154. The molecule has 2 rings (SSSR count). The van der Waals surface area contributed by atoms with Crippen molar-refractivity contribution in [3.63, 3.8) is 0 Å². The van der Waals surface area contributed by atoms with Gasteiger partial charge in [-0.1, -0.05) is 0 Å². The predicted molar refractivity (Wildman–Crippen MR) is 71.5 cm³/mol. The van der Waals surface area contributed by atoms with Crippen molar-refractivity contribution in [2.24, 2.45) is 0 Å². The first-order valence-corrected chi connectivity index (χ1v) is 6.02. The first-order valence-electron chi connectivity index (χ1n) is 6.02. The molecule has 2 aromatic heterocycles. The maximum Gasteiger partial charge on any atom is 0.347 e. The highest BCUT2D eigenvalue weighted by molar-refractivity contribution is 5.87. The largest absolute Gasteiger partial charge is 0.478 e. The van der Waals surface area contributed by atoms with E-state index in [0.29, 0.717) is 5.69 Å². The van der Waals surface area contributed by atoms with Crippen LogP contribution in [0.5, 0.6) is 0 Å². The molecule has 0 aliphatic rings. The minimum atomic E-state index is -1.06. The molecule has 0 radical (unpaired) electrons. The van der Waals surface area contributed by atoms with Crippen LogP contribution in [0.15, 0.2) is 41.6 Å². The van der Waals surface area contributed by atoms with Crippen molar-refractivity contribution in [1.82, 2.24) is 19.9 Å². The highest BCUT2D eigenvalue weighted by Gasteiger charge is 2.07. The molecular formula is C13H12N4O4. The van der Waals surface area contributed by atoms with E-state index in [1.54, 1.807) is 6.07 Å². The zero-order chi connectivity index (χ0) is 15.2. The first kappa shape index (κ1) is 14.4. The second-order valence-corrected chi connectivity index (χ2v) is 4.15. The van der Waals surface area contributed by atoms with Crippen LogP contribution in [0.1, 0.15) is 16.1 Å². The molecule has 0 aromatic carbocycles. The molecule has 0 saturated carbocycles.